The Labute approximate surface area is 166 Å². The molecule has 4 rings (SSSR count). The maximum atomic E-state index is 13.4. The highest BCUT2D eigenvalue weighted by molar-refractivity contribution is 6.55. The molecular formula is C24H26N2O2. The van der Waals surface area contributed by atoms with Gasteiger partial charge in [0, 0.05) is 11.1 Å². The van der Waals surface area contributed by atoms with Crippen LogP contribution in [-0.4, -0.2) is 23.8 Å². The maximum absolute atomic E-state index is 13.4. The largest absolute Gasteiger partial charge is 0.494 e. The zero-order valence-electron chi connectivity index (χ0n) is 17.2. The maximum Gasteiger partial charge on any atom is 0.278 e. The fraction of sp³-hybridized carbons (Fsp3) is 0.333. The molecule has 0 saturated heterocycles. The van der Waals surface area contributed by atoms with E-state index >= 15 is 0 Å². The molecule has 0 N–H and O–H groups in total. The van der Waals surface area contributed by atoms with Gasteiger partial charge in [0.25, 0.3) is 5.91 Å². The van der Waals surface area contributed by atoms with Gasteiger partial charge in [-0.2, -0.15) is 0 Å². The second-order valence-electron chi connectivity index (χ2n) is 7.90. The zero-order valence-corrected chi connectivity index (χ0v) is 17.2. The molecule has 0 aromatic heterocycles. The SMILES string of the molecule is CCOc1cc2c3c(c1)C(=Nc1ccc(CC)cc1)C(=O)N3C(C)(C)C=C2C. The summed E-state index contributed by atoms with van der Waals surface area (Å²) in [4.78, 5) is 20.1. The van der Waals surface area contributed by atoms with E-state index in [0.29, 0.717) is 12.3 Å². The first-order valence-corrected chi connectivity index (χ1v) is 9.89. The second-order valence-corrected chi connectivity index (χ2v) is 7.90. The summed E-state index contributed by atoms with van der Waals surface area (Å²) in [6, 6.07) is 12.1. The van der Waals surface area contributed by atoms with Gasteiger partial charge < -0.3 is 4.74 Å². The average Bonchev–Trinajstić information content (AvgIpc) is 2.93. The lowest BCUT2D eigenvalue weighted by Crippen LogP contribution is -2.47. The van der Waals surface area contributed by atoms with Gasteiger partial charge in [0.05, 0.1) is 23.5 Å². The monoisotopic (exact) mass is 374 g/mol. The number of carbonyl (C=O) groups is 1. The number of allylic oxidation sites excluding steroid dienone is 1. The lowest BCUT2D eigenvalue weighted by atomic mass is 9.89. The van der Waals surface area contributed by atoms with Crippen LogP contribution in [0, 0.1) is 0 Å². The Morgan fingerprint density at radius 3 is 2.39 bits per heavy atom. The van der Waals surface area contributed by atoms with E-state index in [4.69, 9.17) is 9.73 Å². The van der Waals surface area contributed by atoms with Crippen molar-refractivity contribution in [2.24, 2.45) is 4.99 Å². The number of anilines is 1. The molecular weight excluding hydrogens is 348 g/mol. The molecule has 0 radical (unpaired) electrons. The van der Waals surface area contributed by atoms with Gasteiger partial charge in [0.1, 0.15) is 11.5 Å². The molecule has 0 fully saturated rings. The van der Waals surface area contributed by atoms with Crippen LogP contribution in [0.15, 0.2) is 47.5 Å². The summed E-state index contributed by atoms with van der Waals surface area (Å²) in [5.41, 5.74) is 6.12. The number of carbonyl (C=O) groups excluding carboxylic acids is 1. The molecule has 0 saturated carbocycles. The normalized spacial score (nSPS) is 18.3. The summed E-state index contributed by atoms with van der Waals surface area (Å²) < 4.78 is 5.79. The fourth-order valence-electron chi connectivity index (χ4n) is 4.17. The first-order chi connectivity index (χ1) is 13.4. The van der Waals surface area contributed by atoms with Crippen molar-refractivity contribution in [1.29, 1.82) is 0 Å². The molecule has 2 aliphatic rings. The van der Waals surface area contributed by atoms with Crippen LogP contribution < -0.4 is 9.64 Å². The number of aliphatic imine (C=N–C) groups is 1. The first-order valence-electron chi connectivity index (χ1n) is 9.89. The summed E-state index contributed by atoms with van der Waals surface area (Å²) in [6.45, 7) is 10.9. The third-order valence-corrected chi connectivity index (χ3v) is 5.44. The predicted molar refractivity (Wildman–Crippen MR) is 115 cm³/mol. The van der Waals surface area contributed by atoms with Crippen molar-refractivity contribution in [3.63, 3.8) is 0 Å². The van der Waals surface area contributed by atoms with E-state index in [0.717, 1.165) is 40.2 Å². The topological polar surface area (TPSA) is 41.9 Å². The Morgan fingerprint density at radius 2 is 1.75 bits per heavy atom. The van der Waals surface area contributed by atoms with Crippen molar-refractivity contribution >= 4 is 28.6 Å². The molecule has 0 unspecified atom stereocenters. The van der Waals surface area contributed by atoms with Crippen LogP contribution in [0.4, 0.5) is 11.4 Å². The van der Waals surface area contributed by atoms with E-state index < -0.39 is 5.54 Å². The number of hydrogen-bond donors (Lipinski definition) is 0. The van der Waals surface area contributed by atoms with Crippen LogP contribution in [0.1, 0.15) is 51.3 Å². The van der Waals surface area contributed by atoms with Crippen LogP contribution >= 0.6 is 0 Å². The van der Waals surface area contributed by atoms with Gasteiger partial charge in [0.2, 0.25) is 0 Å². The van der Waals surface area contributed by atoms with Crippen molar-refractivity contribution < 1.29 is 9.53 Å². The summed E-state index contributed by atoms with van der Waals surface area (Å²) in [7, 11) is 0. The van der Waals surface area contributed by atoms with Crippen LogP contribution in [0.5, 0.6) is 5.75 Å². The number of nitrogens with zero attached hydrogens (tertiary/aromatic N) is 2. The summed E-state index contributed by atoms with van der Waals surface area (Å²) in [5.74, 6) is 0.714. The van der Waals surface area contributed by atoms with E-state index in [1.54, 1.807) is 0 Å². The second kappa shape index (κ2) is 6.62. The van der Waals surface area contributed by atoms with Gasteiger partial charge in [-0.05, 0) is 69.5 Å². The zero-order chi connectivity index (χ0) is 20.1. The Hall–Kier alpha value is -2.88. The van der Waals surface area contributed by atoms with Crippen LogP contribution in [-0.2, 0) is 11.2 Å². The number of hydrogen-bond acceptors (Lipinski definition) is 3. The quantitative estimate of drug-likeness (QED) is 0.728. The van der Waals surface area contributed by atoms with E-state index in [1.165, 1.54) is 5.56 Å². The average molecular weight is 374 g/mol. The summed E-state index contributed by atoms with van der Waals surface area (Å²) in [6.07, 6.45) is 3.12. The third kappa shape index (κ3) is 2.84. The highest BCUT2D eigenvalue weighted by Gasteiger charge is 2.45. The van der Waals surface area contributed by atoms with Crippen molar-refractivity contribution in [2.75, 3.05) is 11.5 Å². The molecule has 4 heteroatoms. The molecule has 0 aliphatic carbocycles. The summed E-state index contributed by atoms with van der Waals surface area (Å²) in [5, 5.41) is 0. The molecule has 4 nitrogen and oxygen atoms in total. The van der Waals surface area contributed by atoms with Crippen LogP contribution in [0.25, 0.3) is 5.57 Å². The van der Waals surface area contributed by atoms with Crippen molar-refractivity contribution in [3.8, 4) is 5.75 Å². The van der Waals surface area contributed by atoms with Crippen molar-refractivity contribution in [1.82, 2.24) is 0 Å². The Balaban J connectivity index is 1.92. The highest BCUT2D eigenvalue weighted by Crippen LogP contribution is 2.47. The number of ether oxygens (including phenoxy) is 1. The van der Waals surface area contributed by atoms with Gasteiger partial charge in [-0.3, -0.25) is 9.69 Å². The molecule has 0 atom stereocenters. The van der Waals surface area contributed by atoms with Crippen LogP contribution in [0.3, 0.4) is 0 Å². The van der Waals surface area contributed by atoms with E-state index in [-0.39, 0.29) is 5.91 Å². The van der Waals surface area contributed by atoms with E-state index in [1.807, 2.05) is 36.1 Å². The smallest absolute Gasteiger partial charge is 0.278 e. The number of aryl methyl sites for hydroxylation is 1. The molecule has 144 valence electrons. The van der Waals surface area contributed by atoms with E-state index in [2.05, 4.69) is 45.9 Å². The molecule has 2 aromatic carbocycles. The number of rotatable bonds is 4. The van der Waals surface area contributed by atoms with Gasteiger partial charge in [-0.1, -0.05) is 25.1 Å². The minimum absolute atomic E-state index is 0.0572. The molecule has 2 aliphatic heterocycles. The minimum Gasteiger partial charge on any atom is -0.494 e. The first kappa shape index (κ1) is 18.5. The van der Waals surface area contributed by atoms with E-state index in [9.17, 15) is 4.79 Å². The highest BCUT2D eigenvalue weighted by atomic mass is 16.5. The molecule has 2 aromatic rings. The Morgan fingerprint density at radius 1 is 1.07 bits per heavy atom. The molecule has 0 spiro atoms. The molecule has 0 bridgehead atoms. The van der Waals surface area contributed by atoms with Gasteiger partial charge in [-0.25, -0.2) is 4.99 Å². The molecule has 2 heterocycles. The molecule has 28 heavy (non-hydrogen) atoms. The number of amides is 1. The predicted octanol–water partition coefficient (Wildman–Crippen LogP) is 5.31. The molecule has 1 amide bonds. The van der Waals surface area contributed by atoms with Crippen molar-refractivity contribution in [3.05, 3.63) is 59.2 Å². The minimum atomic E-state index is -0.403. The van der Waals surface area contributed by atoms with Gasteiger partial charge >= 0.3 is 0 Å². The Bertz CT molecular complexity index is 1010. The fourth-order valence-corrected chi connectivity index (χ4v) is 4.17. The third-order valence-electron chi connectivity index (χ3n) is 5.44. The number of benzene rings is 2. The van der Waals surface area contributed by atoms with Gasteiger partial charge in [0.15, 0.2) is 0 Å². The summed E-state index contributed by atoms with van der Waals surface area (Å²) >= 11 is 0. The van der Waals surface area contributed by atoms with Crippen LogP contribution in [0.2, 0.25) is 0 Å². The van der Waals surface area contributed by atoms with Crippen molar-refractivity contribution in [2.45, 2.75) is 46.6 Å². The van der Waals surface area contributed by atoms with Gasteiger partial charge in [-0.15, -0.1) is 0 Å². The Kier molecular flexibility index (Phi) is 4.37. The lowest BCUT2D eigenvalue weighted by molar-refractivity contribution is -0.112. The standard InChI is InChI=1S/C24H26N2O2/c1-6-16-8-10-17(11-9-16)25-21-20-13-18(28-7-2)12-19-15(3)14-24(4,5)26(22(19)20)23(21)27/h8-14H,6-7H2,1-5H3. The lowest BCUT2D eigenvalue weighted by Gasteiger charge is -2.38.